The van der Waals surface area contributed by atoms with E-state index >= 15 is 0 Å². The number of aliphatic imine (C=N–C) groups is 1. The minimum Gasteiger partial charge on any atom is -0.369 e. The molecule has 1 atom stereocenters. The number of aromatic nitrogens is 2. The molecule has 0 bridgehead atoms. The second-order valence-corrected chi connectivity index (χ2v) is 9.50. The number of fused-ring (bicyclic) bond motifs is 3. The van der Waals surface area contributed by atoms with Crippen LogP contribution in [0.5, 0.6) is 0 Å². The fourth-order valence-electron chi connectivity index (χ4n) is 4.42. The van der Waals surface area contributed by atoms with Gasteiger partial charge in [-0.25, -0.2) is 15.0 Å². The van der Waals surface area contributed by atoms with Crippen LogP contribution in [-0.4, -0.2) is 67.4 Å². The van der Waals surface area contributed by atoms with Crippen LogP contribution >= 0.6 is 0 Å². The smallest absolute Gasteiger partial charge is 0.223 e. The number of nitrogens with one attached hydrogen (secondary N) is 1. The van der Waals surface area contributed by atoms with Crippen molar-refractivity contribution in [3.63, 3.8) is 0 Å². The van der Waals surface area contributed by atoms with Gasteiger partial charge in [-0.1, -0.05) is 42.8 Å². The van der Waals surface area contributed by atoms with Crippen LogP contribution in [0.15, 0.2) is 59.7 Å². The topological polar surface area (TPSA) is 56.7 Å². The molecule has 1 heterocycles. The molecule has 0 radical (unpaired) electrons. The molecule has 0 fully saturated rings. The number of hydrogen-bond acceptors (Lipinski definition) is 5. The SMILES string of the molecule is CN(C)/C=N/c1ccc(C2Cc3cnc(NCCCCCN(C)C)nc3-c3ccccc32)cc1. The van der Waals surface area contributed by atoms with Crippen molar-refractivity contribution in [1.29, 1.82) is 0 Å². The van der Waals surface area contributed by atoms with E-state index in [1.807, 2.05) is 31.5 Å². The van der Waals surface area contributed by atoms with Gasteiger partial charge in [-0.05, 0) is 68.7 Å². The Kier molecular flexibility index (Phi) is 7.91. The van der Waals surface area contributed by atoms with Crippen LogP contribution in [0, 0.1) is 0 Å². The van der Waals surface area contributed by atoms with Gasteiger partial charge in [-0.2, -0.15) is 0 Å². The number of unbranched alkanes of at least 4 members (excludes halogenated alkanes) is 2. The molecule has 0 saturated carbocycles. The third kappa shape index (κ3) is 6.00. The highest BCUT2D eigenvalue weighted by molar-refractivity contribution is 5.72. The van der Waals surface area contributed by atoms with Gasteiger partial charge < -0.3 is 15.1 Å². The van der Waals surface area contributed by atoms with E-state index in [-0.39, 0.29) is 5.92 Å². The molecule has 4 rings (SSSR count). The lowest BCUT2D eigenvalue weighted by atomic mass is 9.78. The summed E-state index contributed by atoms with van der Waals surface area (Å²) in [6, 6.07) is 17.2. The summed E-state index contributed by atoms with van der Waals surface area (Å²) in [5.74, 6) is 1.01. The first-order valence-corrected chi connectivity index (χ1v) is 12.2. The molecule has 178 valence electrons. The Morgan fingerprint density at radius 2 is 1.79 bits per heavy atom. The van der Waals surface area contributed by atoms with Crippen molar-refractivity contribution in [2.24, 2.45) is 4.99 Å². The third-order valence-electron chi connectivity index (χ3n) is 6.18. The van der Waals surface area contributed by atoms with Gasteiger partial charge in [-0.3, -0.25) is 0 Å². The standard InChI is InChI=1S/C28H36N6/c1-33(2)17-9-5-8-16-29-28-30-19-22-18-26(24-10-6-7-11-25(24)27(22)32-28)21-12-14-23(15-13-21)31-20-34(3)4/h6-7,10-15,19-20,26H,5,8-9,16-18H2,1-4H3,(H,29,30,32)/b31-20+. The highest BCUT2D eigenvalue weighted by atomic mass is 15.1. The molecule has 0 aliphatic heterocycles. The Labute approximate surface area is 203 Å². The lowest BCUT2D eigenvalue weighted by molar-refractivity contribution is 0.392. The normalized spacial score (nSPS) is 14.8. The lowest BCUT2D eigenvalue weighted by Gasteiger charge is -2.27. The molecule has 1 N–H and O–H groups in total. The van der Waals surface area contributed by atoms with Gasteiger partial charge in [0, 0.05) is 38.3 Å². The fraction of sp³-hybridized carbons (Fsp3) is 0.393. The van der Waals surface area contributed by atoms with Crippen LogP contribution < -0.4 is 5.32 Å². The van der Waals surface area contributed by atoms with E-state index < -0.39 is 0 Å². The van der Waals surface area contributed by atoms with Crippen LogP contribution in [0.1, 0.15) is 41.9 Å². The van der Waals surface area contributed by atoms with Crippen molar-refractivity contribution < 1.29 is 0 Å². The Morgan fingerprint density at radius 1 is 1.00 bits per heavy atom. The fourth-order valence-corrected chi connectivity index (χ4v) is 4.42. The molecule has 3 aromatic rings. The summed E-state index contributed by atoms with van der Waals surface area (Å²) in [5.41, 5.74) is 7.05. The molecule has 34 heavy (non-hydrogen) atoms. The molecular formula is C28H36N6. The molecule has 6 nitrogen and oxygen atoms in total. The quantitative estimate of drug-likeness (QED) is 0.258. The van der Waals surface area contributed by atoms with Crippen LogP contribution in [0.2, 0.25) is 0 Å². The van der Waals surface area contributed by atoms with Crippen LogP contribution in [0.3, 0.4) is 0 Å². The number of anilines is 1. The van der Waals surface area contributed by atoms with Gasteiger partial charge in [0.25, 0.3) is 0 Å². The van der Waals surface area contributed by atoms with Gasteiger partial charge in [0.1, 0.15) is 0 Å². The molecular weight excluding hydrogens is 420 g/mol. The molecule has 0 amide bonds. The molecule has 1 aliphatic rings. The number of hydrogen-bond donors (Lipinski definition) is 1. The van der Waals surface area contributed by atoms with E-state index in [0.29, 0.717) is 0 Å². The van der Waals surface area contributed by atoms with E-state index in [0.717, 1.165) is 43.3 Å². The maximum absolute atomic E-state index is 4.93. The van der Waals surface area contributed by atoms with Crippen LogP contribution in [-0.2, 0) is 6.42 Å². The largest absolute Gasteiger partial charge is 0.369 e. The van der Waals surface area contributed by atoms with Crippen molar-refractivity contribution in [3.05, 3.63) is 71.4 Å². The summed E-state index contributed by atoms with van der Waals surface area (Å²) in [6.07, 6.45) is 8.29. The van der Waals surface area contributed by atoms with Crippen molar-refractivity contribution in [2.45, 2.75) is 31.6 Å². The van der Waals surface area contributed by atoms with Crippen molar-refractivity contribution in [2.75, 3.05) is 46.6 Å². The summed E-state index contributed by atoms with van der Waals surface area (Å²) < 4.78 is 0. The Bertz CT molecular complexity index is 1100. The molecule has 1 unspecified atom stereocenters. The Balaban J connectivity index is 1.49. The first-order valence-electron chi connectivity index (χ1n) is 12.2. The molecule has 6 heteroatoms. The number of rotatable bonds is 10. The van der Waals surface area contributed by atoms with E-state index in [9.17, 15) is 0 Å². The van der Waals surface area contributed by atoms with Gasteiger partial charge in [0.15, 0.2) is 0 Å². The Hall–Kier alpha value is -3.25. The van der Waals surface area contributed by atoms with Gasteiger partial charge in [-0.15, -0.1) is 0 Å². The second-order valence-electron chi connectivity index (χ2n) is 9.50. The molecule has 1 aliphatic carbocycles. The maximum atomic E-state index is 4.93. The maximum Gasteiger partial charge on any atom is 0.223 e. The van der Waals surface area contributed by atoms with E-state index in [4.69, 9.17) is 4.98 Å². The predicted molar refractivity (Wildman–Crippen MR) is 142 cm³/mol. The van der Waals surface area contributed by atoms with Gasteiger partial charge >= 0.3 is 0 Å². The number of nitrogens with zero attached hydrogens (tertiary/aromatic N) is 5. The van der Waals surface area contributed by atoms with Crippen molar-refractivity contribution in [1.82, 2.24) is 19.8 Å². The average Bonchev–Trinajstić information content (AvgIpc) is 2.84. The minimum absolute atomic E-state index is 0.287. The van der Waals surface area contributed by atoms with Gasteiger partial charge in [0.2, 0.25) is 5.95 Å². The van der Waals surface area contributed by atoms with E-state index in [1.54, 1.807) is 0 Å². The van der Waals surface area contributed by atoms with Crippen LogP contribution in [0.25, 0.3) is 11.3 Å². The van der Waals surface area contributed by atoms with E-state index in [2.05, 4.69) is 82.8 Å². The summed E-state index contributed by atoms with van der Waals surface area (Å²) in [5, 5.41) is 3.43. The Morgan fingerprint density at radius 3 is 2.56 bits per heavy atom. The highest BCUT2D eigenvalue weighted by Gasteiger charge is 2.27. The molecule has 0 spiro atoms. The zero-order valence-electron chi connectivity index (χ0n) is 20.8. The summed E-state index contributed by atoms with van der Waals surface area (Å²) in [4.78, 5) is 18.2. The monoisotopic (exact) mass is 456 g/mol. The summed E-state index contributed by atoms with van der Waals surface area (Å²) in [6.45, 7) is 2.04. The number of benzene rings is 2. The zero-order valence-corrected chi connectivity index (χ0v) is 20.8. The highest BCUT2D eigenvalue weighted by Crippen LogP contribution is 2.42. The predicted octanol–water partition coefficient (Wildman–Crippen LogP) is 5.20. The average molecular weight is 457 g/mol. The summed E-state index contributed by atoms with van der Waals surface area (Å²) >= 11 is 0. The molecule has 1 aromatic heterocycles. The van der Waals surface area contributed by atoms with Gasteiger partial charge in [0.05, 0.1) is 17.7 Å². The lowest BCUT2D eigenvalue weighted by Crippen LogP contribution is -2.16. The van der Waals surface area contributed by atoms with Crippen molar-refractivity contribution in [3.8, 4) is 11.3 Å². The third-order valence-corrected chi connectivity index (χ3v) is 6.18. The van der Waals surface area contributed by atoms with Crippen LogP contribution in [0.4, 0.5) is 11.6 Å². The summed E-state index contributed by atoms with van der Waals surface area (Å²) in [7, 11) is 8.20. The first kappa shape index (κ1) is 23.9. The molecule has 2 aromatic carbocycles. The molecule has 0 saturated heterocycles. The minimum atomic E-state index is 0.287. The second kappa shape index (κ2) is 11.3. The van der Waals surface area contributed by atoms with Crippen molar-refractivity contribution >= 4 is 18.0 Å². The zero-order chi connectivity index (χ0) is 23.9. The first-order chi connectivity index (χ1) is 16.5. The van der Waals surface area contributed by atoms with E-state index in [1.165, 1.54) is 35.1 Å².